The van der Waals surface area contributed by atoms with E-state index in [1.165, 1.54) is 8.99 Å². The summed E-state index contributed by atoms with van der Waals surface area (Å²) in [5.41, 5.74) is 0.822. The molecule has 1 fully saturated rings. The average Bonchev–Trinajstić information content (AvgIpc) is 3.06. The molecule has 0 spiro atoms. The maximum Gasteiger partial charge on any atom is 0.248 e. The summed E-state index contributed by atoms with van der Waals surface area (Å²) in [6, 6.07) is 19.2. The van der Waals surface area contributed by atoms with Crippen molar-refractivity contribution in [1.29, 1.82) is 0 Å². The Labute approximate surface area is 188 Å². The number of benzene rings is 2. The summed E-state index contributed by atoms with van der Waals surface area (Å²) in [4.78, 5) is 0.0662. The molecule has 4 rings (SSSR count). The highest BCUT2D eigenvalue weighted by atomic mass is 35.5. The van der Waals surface area contributed by atoms with E-state index in [1.54, 1.807) is 14.0 Å². The van der Waals surface area contributed by atoms with Crippen LogP contribution in [0.3, 0.4) is 0 Å². The smallest absolute Gasteiger partial charge is 0.248 e. The fraction of sp³-hybridized carbons (Fsp3) is 0.348. The number of sulfonamides is 1. The fourth-order valence-corrected chi connectivity index (χ4v) is 6.75. The Morgan fingerprint density at radius 1 is 1.00 bits per heavy atom. The molecule has 0 atom stereocenters. The third kappa shape index (κ3) is 3.80. The van der Waals surface area contributed by atoms with Gasteiger partial charge in [-0.15, -0.1) is 0 Å². The quantitative estimate of drug-likeness (QED) is 0.631. The first-order valence-electron chi connectivity index (χ1n) is 10.3. The van der Waals surface area contributed by atoms with Crippen molar-refractivity contribution in [2.75, 3.05) is 13.1 Å². The number of aryl methyl sites for hydroxylation is 2. The first-order valence-corrected chi connectivity index (χ1v) is 12.1. The summed E-state index contributed by atoms with van der Waals surface area (Å²) >= 11 is 6.23. The van der Waals surface area contributed by atoms with Gasteiger partial charge < -0.3 is 5.11 Å². The molecule has 8 heteroatoms. The Hall–Kier alpha value is -2.19. The lowest BCUT2D eigenvalue weighted by atomic mass is 9.72. The molecule has 3 aromatic rings. The van der Waals surface area contributed by atoms with Gasteiger partial charge in [0.05, 0.1) is 5.69 Å². The number of hydrogen-bond donors (Lipinski definition) is 1. The molecular formula is C23H26ClN3O3S. The molecule has 0 aliphatic carbocycles. The molecule has 1 aliphatic rings. The SMILES string of the molecule is Cc1nn(C)c(Cl)c1S(=O)(=O)N1CCC(C(O)(c2ccccc2)c2ccccc2)CC1. The lowest BCUT2D eigenvalue weighted by Crippen LogP contribution is -2.46. The second-order valence-corrected chi connectivity index (χ2v) is 10.2. The third-order valence-corrected chi connectivity index (χ3v) is 8.77. The average molecular weight is 460 g/mol. The zero-order chi connectivity index (χ0) is 22.2. The number of rotatable bonds is 5. The first-order chi connectivity index (χ1) is 14.8. The summed E-state index contributed by atoms with van der Waals surface area (Å²) in [6.07, 6.45) is 1.05. The van der Waals surface area contributed by atoms with Gasteiger partial charge in [-0.25, -0.2) is 8.42 Å². The van der Waals surface area contributed by atoms with Crippen LogP contribution in [0.2, 0.25) is 5.15 Å². The summed E-state index contributed by atoms with van der Waals surface area (Å²) in [5, 5.41) is 16.2. The minimum atomic E-state index is -3.76. The third-order valence-electron chi connectivity index (χ3n) is 6.17. The van der Waals surface area contributed by atoms with Gasteiger partial charge in [0, 0.05) is 20.1 Å². The van der Waals surface area contributed by atoms with Gasteiger partial charge in [-0.2, -0.15) is 9.40 Å². The number of piperidine rings is 1. The van der Waals surface area contributed by atoms with Gasteiger partial charge >= 0.3 is 0 Å². The summed E-state index contributed by atoms with van der Waals surface area (Å²) in [6.45, 7) is 2.26. The number of halogens is 1. The van der Waals surface area contributed by atoms with Gasteiger partial charge in [0.25, 0.3) is 0 Å². The van der Waals surface area contributed by atoms with Crippen molar-refractivity contribution in [3.63, 3.8) is 0 Å². The fourth-order valence-electron chi connectivity index (χ4n) is 4.57. The molecule has 164 valence electrons. The van der Waals surface area contributed by atoms with E-state index in [9.17, 15) is 13.5 Å². The normalized spacial score (nSPS) is 16.5. The van der Waals surface area contributed by atoms with E-state index < -0.39 is 15.6 Å². The van der Waals surface area contributed by atoms with Crippen molar-refractivity contribution in [2.45, 2.75) is 30.3 Å². The number of hydrogen-bond acceptors (Lipinski definition) is 4. The highest BCUT2D eigenvalue weighted by Crippen LogP contribution is 2.42. The molecule has 2 heterocycles. The maximum absolute atomic E-state index is 13.3. The topological polar surface area (TPSA) is 75.4 Å². The molecule has 0 bridgehead atoms. The molecule has 0 radical (unpaired) electrons. The second kappa shape index (κ2) is 8.39. The molecule has 0 saturated carbocycles. The van der Waals surface area contributed by atoms with E-state index in [4.69, 9.17) is 11.6 Å². The van der Waals surface area contributed by atoms with Crippen molar-refractivity contribution in [3.8, 4) is 0 Å². The Bertz CT molecular complexity index is 1120. The molecule has 31 heavy (non-hydrogen) atoms. The standard InChI is InChI=1S/C23H26ClN3O3S/c1-17-21(22(24)26(2)25-17)31(29,30)27-15-13-20(14-16-27)23(28,18-9-5-3-6-10-18)19-11-7-4-8-12-19/h3-12,20,28H,13-16H2,1-2H3. The van der Waals surface area contributed by atoms with Gasteiger partial charge in [-0.3, -0.25) is 4.68 Å². The minimum Gasteiger partial charge on any atom is -0.380 e. The van der Waals surface area contributed by atoms with Gasteiger partial charge in [0.15, 0.2) is 0 Å². The van der Waals surface area contributed by atoms with E-state index >= 15 is 0 Å². The van der Waals surface area contributed by atoms with Crippen molar-refractivity contribution in [1.82, 2.24) is 14.1 Å². The Balaban J connectivity index is 1.63. The van der Waals surface area contributed by atoms with E-state index in [-0.39, 0.29) is 16.0 Å². The monoisotopic (exact) mass is 459 g/mol. The van der Waals surface area contributed by atoms with Crippen LogP contribution < -0.4 is 0 Å². The molecule has 0 amide bonds. The largest absolute Gasteiger partial charge is 0.380 e. The molecule has 0 unspecified atom stereocenters. The predicted molar refractivity (Wildman–Crippen MR) is 120 cm³/mol. The second-order valence-electron chi connectivity index (χ2n) is 8.01. The van der Waals surface area contributed by atoms with E-state index in [2.05, 4.69) is 5.10 Å². The van der Waals surface area contributed by atoms with Crippen LogP contribution in [0.5, 0.6) is 0 Å². The Morgan fingerprint density at radius 2 is 1.48 bits per heavy atom. The maximum atomic E-state index is 13.3. The Kier molecular flexibility index (Phi) is 5.96. The van der Waals surface area contributed by atoms with Crippen LogP contribution in [0.25, 0.3) is 0 Å². The zero-order valence-corrected chi connectivity index (χ0v) is 19.1. The number of nitrogens with zero attached hydrogens (tertiary/aromatic N) is 3. The van der Waals surface area contributed by atoms with Crippen LogP contribution in [0.15, 0.2) is 65.6 Å². The van der Waals surface area contributed by atoms with Crippen LogP contribution in [0.1, 0.15) is 29.7 Å². The lowest BCUT2D eigenvalue weighted by molar-refractivity contribution is -0.00531. The molecule has 1 aromatic heterocycles. The van der Waals surface area contributed by atoms with Crippen molar-refractivity contribution < 1.29 is 13.5 Å². The molecule has 1 N–H and O–H groups in total. The zero-order valence-electron chi connectivity index (χ0n) is 17.6. The molecule has 6 nitrogen and oxygen atoms in total. The van der Waals surface area contributed by atoms with Gasteiger partial charge in [-0.05, 0) is 36.8 Å². The van der Waals surface area contributed by atoms with Crippen LogP contribution in [-0.4, -0.2) is 40.7 Å². The predicted octanol–water partition coefficient (Wildman–Crippen LogP) is 3.72. The van der Waals surface area contributed by atoms with E-state index in [0.717, 1.165) is 11.1 Å². The summed E-state index contributed by atoms with van der Waals surface area (Å²) < 4.78 is 29.4. The Morgan fingerprint density at radius 3 is 1.90 bits per heavy atom. The van der Waals surface area contributed by atoms with Gasteiger partial charge in [0.2, 0.25) is 10.0 Å². The minimum absolute atomic E-state index is 0.0662. The van der Waals surface area contributed by atoms with Crippen molar-refractivity contribution in [3.05, 3.63) is 82.6 Å². The van der Waals surface area contributed by atoms with Crippen molar-refractivity contribution in [2.24, 2.45) is 13.0 Å². The number of aliphatic hydroxyl groups is 1. The van der Waals surface area contributed by atoms with E-state index in [1.807, 2.05) is 60.7 Å². The highest BCUT2D eigenvalue weighted by Gasteiger charge is 2.43. The lowest BCUT2D eigenvalue weighted by Gasteiger charge is -2.42. The molecule has 1 aliphatic heterocycles. The van der Waals surface area contributed by atoms with Crippen LogP contribution in [0, 0.1) is 12.8 Å². The van der Waals surface area contributed by atoms with Gasteiger partial charge in [0.1, 0.15) is 15.6 Å². The first kappa shape index (κ1) is 22.0. The highest BCUT2D eigenvalue weighted by molar-refractivity contribution is 7.89. The van der Waals surface area contributed by atoms with Crippen LogP contribution in [-0.2, 0) is 22.7 Å². The van der Waals surface area contributed by atoms with Crippen molar-refractivity contribution >= 4 is 21.6 Å². The number of aromatic nitrogens is 2. The van der Waals surface area contributed by atoms with Crippen LogP contribution in [0.4, 0.5) is 0 Å². The molecule has 1 saturated heterocycles. The molecular weight excluding hydrogens is 434 g/mol. The van der Waals surface area contributed by atoms with Gasteiger partial charge in [-0.1, -0.05) is 72.3 Å². The molecule has 2 aromatic carbocycles. The summed E-state index contributed by atoms with van der Waals surface area (Å²) in [5.74, 6) is -0.130. The van der Waals surface area contributed by atoms with E-state index in [0.29, 0.717) is 31.6 Å². The van der Waals surface area contributed by atoms with Crippen LogP contribution >= 0.6 is 11.6 Å². The summed E-state index contributed by atoms with van der Waals surface area (Å²) in [7, 11) is -2.14.